The van der Waals surface area contributed by atoms with Crippen LogP contribution in [0.15, 0.2) is 18.2 Å². The molecule has 1 aromatic carbocycles. The number of hydrogen-bond donors (Lipinski definition) is 2. The van der Waals surface area contributed by atoms with Crippen LogP contribution in [0.25, 0.3) is 0 Å². The number of anilines is 1. The molecule has 1 amide bonds. The Balaban J connectivity index is 2.36. The Morgan fingerprint density at radius 1 is 1.42 bits per heavy atom. The van der Waals surface area contributed by atoms with Gasteiger partial charge in [-0.2, -0.15) is 0 Å². The van der Waals surface area contributed by atoms with E-state index in [0.717, 1.165) is 16.8 Å². The number of carbonyl (C=O) groups is 2. The molecule has 5 heteroatoms. The summed E-state index contributed by atoms with van der Waals surface area (Å²) in [5, 5.41) is 12.0. The molecule has 0 saturated heterocycles. The van der Waals surface area contributed by atoms with Crippen LogP contribution < -0.4 is 5.32 Å². The zero-order valence-electron chi connectivity index (χ0n) is 11.3. The molecule has 0 saturated carbocycles. The first-order valence-corrected chi connectivity index (χ1v) is 6.22. The lowest BCUT2D eigenvalue weighted by Crippen LogP contribution is -2.30. The standard InChI is InChI=1S/C14H18N2O3/c1-8(14(18)19)13(16(2)3)9-4-5-11-10(6-9)7-12(17)15-11/h4-6,8,13H,7H2,1-3H3,(H,15,17)(H,18,19). The molecular formula is C14H18N2O3. The van der Waals surface area contributed by atoms with Gasteiger partial charge in [-0.1, -0.05) is 19.1 Å². The summed E-state index contributed by atoms with van der Waals surface area (Å²) in [6, 6.07) is 5.45. The average molecular weight is 262 g/mol. The fraction of sp³-hybridized carbons (Fsp3) is 0.429. The van der Waals surface area contributed by atoms with Crippen molar-refractivity contribution in [1.29, 1.82) is 0 Å². The monoisotopic (exact) mass is 262 g/mol. The molecule has 0 fully saturated rings. The van der Waals surface area contributed by atoms with Gasteiger partial charge < -0.3 is 15.3 Å². The van der Waals surface area contributed by atoms with E-state index in [-0.39, 0.29) is 11.9 Å². The van der Waals surface area contributed by atoms with E-state index in [1.54, 1.807) is 6.92 Å². The first kappa shape index (κ1) is 13.5. The van der Waals surface area contributed by atoms with Crippen LogP contribution >= 0.6 is 0 Å². The first-order valence-electron chi connectivity index (χ1n) is 6.22. The van der Waals surface area contributed by atoms with Crippen LogP contribution in [-0.4, -0.2) is 36.0 Å². The highest BCUT2D eigenvalue weighted by atomic mass is 16.4. The van der Waals surface area contributed by atoms with E-state index >= 15 is 0 Å². The van der Waals surface area contributed by atoms with Gasteiger partial charge in [0.1, 0.15) is 0 Å². The van der Waals surface area contributed by atoms with E-state index in [4.69, 9.17) is 0 Å². The predicted molar refractivity (Wildman–Crippen MR) is 72.0 cm³/mol. The average Bonchev–Trinajstić information content (AvgIpc) is 2.67. The smallest absolute Gasteiger partial charge is 0.308 e. The van der Waals surface area contributed by atoms with Crippen molar-refractivity contribution < 1.29 is 14.7 Å². The molecule has 2 unspecified atom stereocenters. The van der Waals surface area contributed by atoms with E-state index < -0.39 is 11.9 Å². The van der Waals surface area contributed by atoms with Crippen LogP contribution in [-0.2, 0) is 16.0 Å². The summed E-state index contributed by atoms with van der Waals surface area (Å²) >= 11 is 0. The molecule has 2 N–H and O–H groups in total. The third-order valence-corrected chi connectivity index (χ3v) is 3.52. The first-order chi connectivity index (χ1) is 8.90. The zero-order chi connectivity index (χ0) is 14.2. The quantitative estimate of drug-likeness (QED) is 0.863. The Morgan fingerprint density at radius 3 is 2.68 bits per heavy atom. The second kappa shape index (κ2) is 5.01. The third-order valence-electron chi connectivity index (χ3n) is 3.52. The normalized spacial score (nSPS) is 16.9. The Hall–Kier alpha value is -1.88. The number of carboxylic acid groups (broad SMARTS) is 1. The van der Waals surface area contributed by atoms with Crippen molar-refractivity contribution in [3.63, 3.8) is 0 Å². The minimum atomic E-state index is -0.826. The maximum absolute atomic E-state index is 11.3. The number of carbonyl (C=O) groups excluding carboxylic acids is 1. The van der Waals surface area contributed by atoms with E-state index in [1.807, 2.05) is 37.2 Å². The van der Waals surface area contributed by atoms with Gasteiger partial charge in [-0.25, -0.2) is 0 Å². The van der Waals surface area contributed by atoms with Gasteiger partial charge in [-0.05, 0) is 31.3 Å². The summed E-state index contributed by atoms with van der Waals surface area (Å²) in [6.07, 6.45) is 0.366. The van der Waals surface area contributed by atoms with Crippen molar-refractivity contribution in [2.45, 2.75) is 19.4 Å². The Morgan fingerprint density at radius 2 is 2.11 bits per heavy atom. The lowest BCUT2D eigenvalue weighted by Gasteiger charge is -2.28. The number of fused-ring (bicyclic) bond motifs is 1. The van der Waals surface area contributed by atoms with Crippen LogP contribution in [0.3, 0.4) is 0 Å². The fourth-order valence-electron chi connectivity index (χ4n) is 2.60. The number of rotatable bonds is 4. The summed E-state index contributed by atoms with van der Waals surface area (Å²) < 4.78 is 0. The van der Waals surface area contributed by atoms with Crippen molar-refractivity contribution >= 4 is 17.6 Å². The Bertz CT molecular complexity index is 525. The number of nitrogens with zero attached hydrogens (tertiary/aromatic N) is 1. The fourth-order valence-corrected chi connectivity index (χ4v) is 2.60. The lowest BCUT2D eigenvalue weighted by atomic mass is 9.92. The summed E-state index contributed by atoms with van der Waals surface area (Å²) in [4.78, 5) is 24.4. The van der Waals surface area contributed by atoms with Crippen molar-refractivity contribution in [2.24, 2.45) is 5.92 Å². The van der Waals surface area contributed by atoms with Crippen molar-refractivity contribution in [3.05, 3.63) is 29.3 Å². The molecule has 0 aromatic heterocycles. The van der Waals surface area contributed by atoms with Gasteiger partial charge in [-0.15, -0.1) is 0 Å². The SMILES string of the molecule is CC(C(=O)O)C(c1ccc2c(c1)CC(=O)N2)N(C)C. The van der Waals surface area contributed by atoms with Crippen LogP contribution in [0.5, 0.6) is 0 Å². The van der Waals surface area contributed by atoms with Gasteiger partial charge in [-0.3, -0.25) is 9.59 Å². The van der Waals surface area contributed by atoms with Gasteiger partial charge in [0, 0.05) is 11.7 Å². The zero-order valence-corrected chi connectivity index (χ0v) is 11.3. The summed E-state index contributed by atoms with van der Waals surface area (Å²) in [7, 11) is 3.72. The molecule has 2 atom stereocenters. The van der Waals surface area contributed by atoms with Crippen molar-refractivity contribution in [3.8, 4) is 0 Å². The number of carboxylic acids is 1. The van der Waals surface area contributed by atoms with E-state index in [9.17, 15) is 14.7 Å². The molecule has 2 rings (SSSR count). The summed E-state index contributed by atoms with van der Waals surface area (Å²) in [5.41, 5.74) is 2.69. The highest BCUT2D eigenvalue weighted by molar-refractivity contribution is 5.99. The second-order valence-electron chi connectivity index (χ2n) is 5.18. The summed E-state index contributed by atoms with van der Waals surface area (Å²) in [5.74, 6) is -1.36. The third kappa shape index (κ3) is 2.61. The molecule has 102 valence electrons. The van der Waals surface area contributed by atoms with Gasteiger partial charge >= 0.3 is 5.97 Å². The predicted octanol–water partition coefficient (Wildman–Crippen LogP) is 1.50. The van der Waals surface area contributed by atoms with Crippen LogP contribution in [0, 0.1) is 5.92 Å². The van der Waals surface area contributed by atoms with Gasteiger partial charge in [0.15, 0.2) is 0 Å². The molecule has 0 bridgehead atoms. The van der Waals surface area contributed by atoms with Gasteiger partial charge in [0.25, 0.3) is 0 Å². The van der Waals surface area contributed by atoms with E-state index in [1.165, 1.54) is 0 Å². The number of aliphatic carboxylic acids is 1. The van der Waals surface area contributed by atoms with Gasteiger partial charge in [0.05, 0.1) is 12.3 Å². The molecule has 0 spiro atoms. The molecule has 1 aliphatic rings. The number of benzene rings is 1. The minimum Gasteiger partial charge on any atom is -0.481 e. The van der Waals surface area contributed by atoms with Crippen LogP contribution in [0.1, 0.15) is 24.1 Å². The second-order valence-corrected chi connectivity index (χ2v) is 5.18. The molecule has 1 aliphatic heterocycles. The Kier molecular flexibility index (Phi) is 3.57. The van der Waals surface area contributed by atoms with Gasteiger partial charge in [0.2, 0.25) is 5.91 Å². The molecule has 5 nitrogen and oxygen atoms in total. The summed E-state index contributed by atoms with van der Waals surface area (Å²) in [6.45, 7) is 1.70. The molecule has 0 radical (unpaired) electrons. The highest BCUT2D eigenvalue weighted by Crippen LogP contribution is 2.32. The van der Waals surface area contributed by atoms with Crippen LogP contribution in [0.2, 0.25) is 0 Å². The van der Waals surface area contributed by atoms with Crippen molar-refractivity contribution in [2.75, 3.05) is 19.4 Å². The van der Waals surface area contributed by atoms with Crippen LogP contribution in [0.4, 0.5) is 5.69 Å². The molecule has 19 heavy (non-hydrogen) atoms. The van der Waals surface area contributed by atoms with E-state index in [0.29, 0.717) is 6.42 Å². The lowest BCUT2D eigenvalue weighted by molar-refractivity contribution is -0.143. The number of amides is 1. The highest BCUT2D eigenvalue weighted by Gasteiger charge is 2.28. The largest absolute Gasteiger partial charge is 0.481 e. The number of nitrogens with one attached hydrogen (secondary N) is 1. The van der Waals surface area contributed by atoms with Crippen molar-refractivity contribution in [1.82, 2.24) is 4.90 Å². The van der Waals surface area contributed by atoms with E-state index in [2.05, 4.69) is 5.32 Å². The maximum atomic E-state index is 11.3. The number of hydrogen-bond acceptors (Lipinski definition) is 3. The topological polar surface area (TPSA) is 69.6 Å². The maximum Gasteiger partial charge on any atom is 0.308 e. The molecule has 1 heterocycles. The molecule has 1 aromatic rings. The molecule has 0 aliphatic carbocycles. The minimum absolute atomic E-state index is 0.0140. The molecular weight excluding hydrogens is 244 g/mol. The Labute approximate surface area is 112 Å².